The second-order valence-electron chi connectivity index (χ2n) is 4.82. The number of aromatic nitrogens is 1. The van der Waals surface area contributed by atoms with Gasteiger partial charge >= 0.3 is 6.03 Å². The van der Waals surface area contributed by atoms with E-state index in [1.807, 2.05) is 31.2 Å². The standard InChI is InChI=1S/C15H19N3O3/c1-2-11(9-19)17-15(21)16-8-10-7-14(20)18-13-6-4-3-5-12(10)13/h3-7,11,19H,2,8-9H2,1H3,(H,18,20)(H2,16,17,21). The molecule has 0 saturated carbocycles. The minimum Gasteiger partial charge on any atom is -0.394 e. The smallest absolute Gasteiger partial charge is 0.315 e. The number of urea groups is 1. The molecule has 2 aromatic rings. The van der Waals surface area contributed by atoms with Crippen LogP contribution in [0.3, 0.4) is 0 Å². The van der Waals surface area contributed by atoms with Crippen LogP contribution >= 0.6 is 0 Å². The van der Waals surface area contributed by atoms with E-state index in [2.05, 4.69) is 15.6 Å². The molecule has 0 aliphatic rings. The van der Waals surface area contributed by atoms with Crippen LogP contribution in [0.25, 0.3) is 10.9 Å². The van der Waals surface area contributed by atoms with E-state index in [1.165, 1.54) is 6.07 Å². The molecule has 4 N–H and O–H groups in total. The number of H-pyrrole nitrogens is 1. The summed E-state index contributed by atoms with van der Waals surface area (Å²) in [6, 6.07) is 8.29. The van der Waals surface area contributed by atoms with Gasteiger partial charge in [-0.05, 0) is 18.1 Å². The zero-order valence-electron chi connectivity index (χ0n) is 11.8. The molecule has 0 aliphatic carbocycles. The third-order valence-electron chi connectivity index (χ3n) is 3.32. The largest absolute Gasteiger partial charge is 0.394 e. The van der Waals surface area contributed by atoms with Crippen LogP contribution in [0.15, 0.2) is 35.1 Å². The average Bonchev–Trinajstić information content (AvgIpc) is 2.50. The summed E-state index contributed by atoms with van der Waals surface area (Å²) in [5.74, 6) is 0. The number of aliphatic hydroxyl groups excluding tert-OH is 1. The van der Waals surface area contributed by atoms with Gasteiger partial charge in [-0.1, -0.05) is 25.1 Å². The summed E-state index contributed by atoms with van der Waals surface area (Å²) in [4.78, 5) is 26.1. The lowest BCUT2D eigenvalue weighted by Gasteiger charge is -2.15. The summed E-state index contributed by atoms with van der Waals surface area (Å²) in [6.45, 7) is 2.03. The maximum atomic E-state index is 11.7. The fraction of sp³-hybridized carbons (Fsp3) is 0.333. The summed E-state index contributed by atoms with van der Waals surface area (Å²) in [6.07, 6.45) is 0.651. The van der Waals surface area contributed by atoms with Crippen molar-refractivity contribution in [1.82, 2.24) is 15.6 Å². The van der Waals surface area contributed by atoms with Crippen molar-refractivity contribution < 1.29 is 9.90 Å². The molecule has 112 valence electrons. The molecule has 0 fully saturated rings. The average molecular weight is 289 g/mol. The van der Waals surface area contributed by atoms with Crippen molar-refractivity contribution in [2.45, 2.75) is 25.9 Å². The fourth-order valence-corrected chi connectivity index (χ4v) is 2.11. The molecule has 2 amide bonds. The molecular weight excluding hydrogens is 270 g/mol. The number of hydrogen-bond acceptors (Lipinski definition) is 3. The summed E-state index contributed by atoms with van der Waals surface area (Å²) < 4.78 is 0. The van der Waals surface area contributed by atoms with Crippen LogP contribution in [0.4, 0.5) is 4.79 Å². The van der Waals surface area contributed by atoms with Crippen molar-refractivity contribution >= 4 is 16.9 Å². The monoisotopic (exact) mass is 289 g/mol. The van der Waals surface area contributed by atoms with Crippen LogP contribution in [0.5, 0.6) is 0 Å². The fourth-order valence-electron chi connectivity index (χ4n) is 2.11. The Hall–Kier alpha value is -2.34. The summed E-state index contributed by atoms with van der Waals surface area (Å²) in [7, 11) is 0. The van der Waals surface area contributed by atoms with Crippen molar-refractivity contribution in [3.63, 3.8) is 0 Å². The topological polar surface area (TPSA) is 94.2 Å². The predicted octanol–water partition coefficient (Wildman–Crippen LogP) is 1.10. The number of aromatic amines is 1. The Balaban J connectivity index is 2.10. The summed E-state index contributed by atoms with van der Waals surface area (Å²) >= 11 is 0. The van der Waals surface area contributed by atoms with Gasteiger partial charge in [0.25, 0.3) is 0 Å². The van der Waals surface area contributed by atoms with Gasteiger partial charge in [-0.3, -0.25) is 4.79 Å². The summed E-state index contributed by atoms with van der Waals surface area (Å²) in [5.41, 5.74) is 1.29. The maximum Gasteiger partial charge on any atom is 0.315 e. The predicted molar refractivity (Wildman–Crippen MR) is 81.1 cm³/mol. The highest BCUT2D eigenvalue weighted by Gasteiger charge is 2.09. The van der Waals surface area contributed by atoms with E-state index < -0.39 is 0 Å². The number of fused-ring (bicyclic) bond motifs is 1. The van der Waals surface area contributed by atoms with Crippen LogP contribution < -0.4 is 16.2 Å². The Morgan fingerprint density at radius 2 is 2.14 bits per heavy atom. The highest BCUT2D eigenvalue weighted by Crippen LogP contribution is 2.14. The van der Waals surface area contributed by atoms with Crippen LogP contribution in [0.1, 0.15) is 18.9 Å². The molecule has 1 aromatic heterocycles. The Bertz CT molecular complexity index is 677. The first-order chi connectivity index (χ1) is 10.1. The number of carbonyl (C=O) groups is 1. The second-order valence-corrected chi connectivity index (χ2v) is 4.82. The van der Waals surface area contributed by atoms with Crippen molar-refractivity contribution in [1.29, 1.82) is 0 Å². The van der Waals surface area contributed by atoms with E-state index in [-0.39, 0.29) is 30.8 Å². The number of para-hydroxylation sites is 1. The number of amides is 2. The SMILES string of the molecule is CCC(CO)NC(=O)NCc1cc(=O)[nH]c2ccccc12. The van der Waals surface area contributed by atoms with Crippen molar-refractivity contribution in [3.05, 3.63) is 46.2 Å². The van der Waals surface area contributed by atoms with Gasteiger partial charge in [0.05, 0.1) is 12.6 Å². The third kappa shape index (κ3) is 3.82. The van der Waals surface area contributed by atoms with E-state index in [1.54, 1.807) is 0 Å². The van der Waals surface area contributed by atoms with Gasteiger partial charge in [-0.25, -0.2) is 4.79 Å². The Kier molecular flexibility index (Phi) is 4.94. The third-order valence-corrected chi connectivity index (χ3v) is 3.32. The van der Waals surface area contributed by atoms with Crippen LogP contribution in [-0.2, 0) is 6.54 Å². The first kappa shape index (κ1) is 15.1. The molecule has 6 heteroatoms. The Morgan fingerprint density at radius 1 is 1.38 bits per heavy atom. The Labute approximate surface area is 122 Å². The Morgan fingerprint density at radius 3 is 2.86 bits per heavy atom. The normalized spacial score (nSPS) is 12.1. The van der Waals surface area contributed by atoms with Gasteiger partial charge in [0.2, 0.25) is 5.56 Å². The highest BCUT2D eigenvalue weighted by molar-refractivity contribution is 5.82. The van der Waals surface area contributed by atoms with Gasteiger partial charge in [-0.15, -0.1) is 0 Å². The minimum atomic E-state index is -0.361. The van der Waals surface area contributed by atoms with Crippen LogP contribution in [-0.4, -0.2) is 28.8 Å². The molecule has 1 heterocycles. The maximum absolute atomic E-state index is 11.7. The molecule has 0 saturated heterocycles. The molecule has 2 rings (SSSR count). The van der Waals surface area contributed by atoms with Crippen molar-refractivity contribution in [3.8, 4) is 0 Å². The first-order valence-corrected chi connectivity index (χ1v) is 6.90. The van der Waals surface area contributed by atoms with E-state index in [9.17, 15) is 9.59 Å². The molecule has 21 heavy (non-hydrogen) atoms. The lowest BCUT2D eigenvalue weighted by molar-refractivity contribution is 0.214. The van der Waals surface area contributed by atoms with Gasteiger partial charge in [0.15, 0.2) is 0 Å². The molecule has 0 bridgehead atoms. The quantitative estimate of drug-likeness (QED) is 0.664. The van der Waals surface area contributed by atoms with Crippen molar-refractivity contribution in [2.24, 2.45) is 0 Å². The molecule has 1 atom stereocenters. The lowest BCUT2D eigenvalue weighted by Crippen LogP contribution is -2.43. The molecule has 0 radical (unpaired) electrons. The number of benzene rings is 1. The number of pyridine rings is 1. The van der Waals surface area contributed by atoms with Crippen molar-refractivity contribution in [2.75, 3.05) is 6.61 Å². The zero-order valence-corrected chi connectivity index (χ0v) is 11.8. The van der Waals surface area contributed by atoms with Crippen LogP contribution in [0.2, 0.25) is 0 Å². The van der Waals surface area contributed by atoms with Crippen LogP contribution in [0, 0.1) is 0 Å². The van der Waals surface area contributed by atoms with E-state index in [0.29, 0.717) is 6.42 Å². The molecule has 1 aromatic carbocycles. The van der Waals surface area contributed by atoms with E-state index in [4.69, 9.17) is 5.11 Å². The van der Waals surface area contributed by atoms with Gasteiger partial charge in [0, 0.05) is 23.5 Å². The molecule has 1 unspecified atom stereocenters. The number of nitrogens with one attached hydrogen (secondary N) is 3. The minimum absolute atomic E-state index is 0.0993. The number of carbonyl (C=O) groups excluding carboxylic acids is 1. The number of aliphatic hydroxyl groups is 1. The summed E-state index contributed by atoms with van der Waals surface area (Å²) in [5, 5.41) is 15.3. The number of rotatable bonds is 5. The molecule has 0 spiro atoms. The zero-order chi connectivity index (χ0) is 15.2. The molecule has 6 nitrogen and oxygen atoms in total. The second kappa shape index (κ2) is 6.90. The first-order valence-electron chi connectivity index (χ1n) is 6.90. The lowest BCUT2D eigenvalue weighted by atomic mass is 10.1. The van der Waals surface area contributed by atoms with Gasteiger partial charge in [0.1, 0.15) is 0 Å². The molecular formula is C15H19N3O3. The van der Waals surface area contributed by atoms with E-state index in [0.717, 1.165) is 16.5 Å². The highest BCUT2D eigenvalue weighted by atomic mass is 16.3. The van der Waals surface area contributed by atoms with Gasteiger partial charge < -0.3 is 20.7 Å². The number of hydrogen-bond donors (Lipinski definition) is 4. The van der Waals surface area contributed by atoms with Gasteiger partial charge in [-0.2, -0.15) is 0 Å². The van der Waals surface area contributed by atoms with E-state index >= 15 is 0 Å². The molecule has 0 aliphatic heterocycles.